The summed E-state index contributed by atoms with van der Waals surface area (Å²) in [4.78, 5) is 23.9. The van der Waals surface area contributed by atoms with E-state index >= 15 is 0 Å². The fourth-order valence-electron chi connectivity index (χ4n) is 2.58. The first-order chi connectivity index (χ1) is 13.7. The standard InChI is InChI=1S/C20H23ClN2O5S/c1-14(8-9-15-6-4-3-5-7-15)23-19(24)13-28-20(25)16-10-11-17(21)18(12-16)29(26,27)22-2/h3-7,10-12,14,22H,8-9,13H2,1-2H3,(H,23,24). The predicted octanol–water partition coefficient (Wildman–Crippen LogP) is 2.54. The summed E-state index contributed by atoms with van der Waals surface area (Å²) in [6.45, 7) is 1.40. The highest BCUT2D eigenvalue weighted by molar-refractivity contribution is 7.89. The third-order valence-electron chi connectivity index (χ3n) is 4.18. The predicted molar refractivity (Wildman–Crippen MR) is 110 cm³/mol. The Kier molecular flexibility index (Phi) is 8.19. The van der Waals surface area contributed by atoms with Crippen LogP contribution in [0.2, 0.25) is 5.02 Å². The first kappa shape index (κ1) is 22.9. The third-order valence-corrected chi connectivity index (χ3v) is 6.07. The first-order valence-corrected chi connectivity index (χ1v) is 10.8. The average molecular weight is 439 g/mol. The molecule has 1 atom stereocenters. The van der Waals surface area contributed by atoms with Gasteiger partial charge in [-0.15, -0.1) is 0 Å². The zero-order valence-corrected chi connectivity index (χ0v) is 17.7. The summed E-state index contributed by atoms with van der Waals surface area (Å²) in [5.74, 6) is -1.25. The lowest BCUT2D eigenvalue weighted by atomic mass is 10.1. The van der Waals surface area contributed by atoms with Gasteiger partial charge in [-0.1, -0.05) is 41.9 Å². The summed E-state index contributed by atoms with van der Waals surface area (Å²) >= 11 is 5.89. The Morgan fingerprint density at radius 3 is 2.48 bits per heavy atom. The van der Waals surface area contributed by atoms with Crippen LogP contribution < -0.4 is 10.0 Å². The summed E-state index contributed by atoms with van der Waals surface area (Å²) in [6.07, 6.45) is 1.56. The van der Waals surface area contributed by atoms with Crippen molar-refractivity contribution in [2.75, 3.05) is 13.7 Å². The number of benzene rings is 2. The molecule has 29 heavy (non-hydrogen) atoms. The average Bonchev–Trinajstić information content (AvgIpc) is 2.71. The summed E-state index contributed by atoms with van der Waals surface area (Å²) in [5.41, 5.74) is 1.16. The number of carbonyl (C=O) groups excluding carboxylic acids is 2. The van der Waals surface area contributed by atoms with Crippen molar-refractivity contribution in [3.05, 3.63) is 64.7 Å². The zero-order chi connectivity index (χ0) is 21.4. The molecule has 0 aromatic heterocycles. The highest BCUT2D eigenvalue weighted by Gasteiger charge is 2.20. The number of aryl methyl sites for hydroxylation is 1. The monoisotopic (exact) mass is 438 g/mol. The second kappa shape index (κ2) is 10.4. The Balaban J connectivity index is 1.87. The molecule has 2 aromatic carbocycles. The van der Waals surface area contributed by atoms with Crippen LogP contribution in [0.1, 0.15) is 29.3 Å². The van der Waals surface area contributed by atoms with E-state index in [1.54, 1.807) is 0 Å². The van der Waals surface area contributed by atoms with Gasteiger partial charge in [0.05, 0.1) is 10.6 Å². The Morgan fingerprint density at radius 1 is 1.14 bits per heavy atom. The number of sulfonamides is 1. The van der Waals surface area contributed by atoms with Gasteiger partial charge in [0.15, 0.2) is 6.61 Å². The van der Waals surface area contributed by atoms with Crippen molar-refractivity contribution in [1.82, 2.24) is 10.0 Å². The van der Waals surface area contributed by atoms with Crippen molar-refractivity contribution in [2.24, 2.45) is 0 Å². The normalized spacial score (nSPS) is 12.2. The van der Waals surface area contributed by atoms with Crippen molar-refractivity contribution in [2.45, 2.75) is 30.7 Å². The van der Waals surface area contributed by atoms with Crippen LogP contribution in [0, 0.1) is 0 Å². The SMILES string of the molecule is CNS(=O)(=O)c1cc(C(=O)OCC(=O)NC(C)CCc2ccccc2)ccc1Cl. The summed E-state index contributed by atoms with van der Waals surface area (Å²) in [6, 6.07) is 13.5. The molecular formula is C20H23ClN2O5S. The van der Waals surface area contributed by atoms with Gasteiger partial charge < -0.3 is 10.1 Å². The maximum atomic E-state index is 12.2. The van der Waals surface area contributed by atoms with Gasteiger partial charge in [-0.2, -0.15) is 0 Å². The van der Waals surface area contributed by atoms with Crippen molar-refractivity contribution in [3.8, 4) is 0 Å². The molecule has 0 saturated heterocycles. The lowest BCUT2D eigenvalue weighted by Crippen LogP contribution is -2.36. The van der Waals surface area contributed by atoms with Crippen molar-refractivity contribution in [1.29, 1.82) is 0 Å². The maximum absolute atomic E-state index is 12.2. The molecule has 2 aromatic rings. The van der Waals surface area contributed by atoms with E-state index in [0.29, 0.717) is 0 Å². The number of rotatable bonds is 9. The number of carbonyl (C=O) groups is 2. The molecule has 0 aliphatic rings. The molecule has 1 amide bonds. The smallest absolute Gasteiger partial charge is 0.338 e. The number of halogens is 1. The maximum Gasteiger partial charge on any atom is 0.338 e. The van der Waals surface area contributed by atoms with Gasteiger partial charge in [0, 0.05) is 6.04 Å². The van der Waals surface area contributed by atoms with E-state index < -0.39 is 28.5 Å². The van der Waals surface area contributed by atoms with Crippen LogP contribution in [0.25, 0.3) is 0 Å². The fraction of sp³-hybridized carbons (Fsp3) is 0.300. The molecule has 9 heteroatoms. The van der Waals surface area contributed by atoms with Crippen molar-refractivity contribution >= 4 is 33.5 Å². The van der Waals surface area contributed by atoms with Crippen LogP contribution in [0.4, 0.5) is 0 Å². The number of ether oxygens (including phenoxy) is 1. The number of hydrogen-bond acceptors (Lipinski definition) is 5. The van der Waals surface area contributed by atoms with Crippen LogP contribution in [-0.4, -0.2) is 40.0 Å². The minimum absolute atomic E-state index is 0.0202. The molecule has 0 radical (unpaired) electrons. The second-order valence-electron chi connectivity index (χ2n) is 6.42. The zero-order valence-electron chi connectivity index (χ0n) is 16.1. The molecule has 0 aliphatic heterocycles. The van der Waals surface area contributed by atoms with Gasteiger partial charge in [-0.25, -0.2) is 17.9 Å². The molecule has 1 unspecified atom stereocenters. The highest BCUT2D eigenvalue weighted by Crippen LogP contribution is 2.22. The number of hydrogen-bond donors (Lipinski definition) is 2. The van der Waals surface area contributed by atoms with E-state index in [-0.39, 0.29) is 21.5 Å². The highest BCUT2D eigenvalue weighted by atomic mass is 35.5. The van der Waals surface area contributed by atoms with E-state index in [9.17, 15) is 18.0 Å². The molecule has 0 spiro atoms. The summed E-state index contributed by atoms with van der Waals surface area (Å²) < 4.78 is 31.0. The van der Waals surface area contributed by atoms with E-state index in [4.69, 9.17) is 16.3 Å². The number of esters is 1. The topological polar surface area (TPSA) is 102 Å². The molecule has 0 saturated carbocycles. The largest absolute Gasteiger partial charge is 0.452 e. The minimum atomic E-state index is -3.83. The van der Waals surface area contributed by atoms with Crippen LogP contribution in [0.3, 0.4) is 0 Å². The Hall–Kier alpha value is -2.42. The number of nitrogens with one attached hydrogen (secondary N) is 2. The van der Waals surface area contributed by atoms with Gasteiger partial charge in [0.1, 0.15) is 4.90 Å². The van der Waals surface area contributed by atoms with E-state index in [1.807, 2.05) is 37.3 Å². The quantitative estimate of drug-likeness (QED) is 0.586. The summed E-state index contributed by atoms with van der Waals surface area (Å²) in [5, 5.41) is 2.74. The molecule has 2 rings (SSSR count). The molecule has 0 aliphatic carbocycles. The molecule has 0 fully saturated rings. The lowest BCUT2D eigenvalue weighted by Gasteiger charge is -2.14. The van der Waals surface area contributed by atoms with Gasteiger partial charge in [-0.05, 0) is 50.6 Å². The Morgan fingerprint density at radius 2 is 1.83 bits per heavy atom. The van der Waals surface area contributed by atoms with E-state index in [0.717, 1.165) is 18.9 Å². The second-order valence-corrected chi connectivity index (χ2v) is 8.68. The molecule has 156 valence electrons. The van der Waals surface area contributed by atoms with Crippen LogP contribution in [0.5, 0.6) is 0 Å². The Labute approximate surface area is 175 Å². The molecule has 7 nitrogen and oxygen atoms in total. The fourth-order valence-corrected chi connectivity index (χ4v) is 3.83. The Bertz CT molecular complexity index is 964. The minimum Gasteiger partial charge on any atom is -0.452 e. The van der Waals surface area contributed by atoms with Crippen LogP contribution in [0.15, 0.2) is 53.4 Å². The van der Waals surface area contributed by atoms with Gasteiger partial charge in [-0.3, -0.25) is 4.79 Å². The molecule has 0 heterocycles. The van der Waals surface area contributed by atoms with Gasteiger partial charge in [0.25, 0.3) is 5.91 Å². The van der Waals surface area contributed by atoms with Crippen LogP contribution >= 0.6 is 11.6 Å². The van der Waals surface area contributed by atoms with E-state index in [1.165, 1.54) is 24.7 Å². The molecular weight excluding hydrogens is 416 g/mol. The van der Waals surface area contributed by atoms with Gasteiger partial charge in [0.2, 0.25) is 10.0 Å². The van der Waals surface area contributed by atoms with E-state index in [2.05, 4.69) is 10.0 Å². The molecule has 0 bridgehead atoms. The van der Waals surface area contributed by atoms with Crippen LogP contribution in [-0.2, 0) is 26.0 Å². The summed E-state index contributed by atoms with van der Waals surface area (Å²) in [7, 11) is -2.59. The van der Waals surface area contributed by atoms with Crippen molar-refractivity contribution in [3.63, 3.8) is 0 Å². The molecule has 2 N–H and O–H groups in total. The van der Waals surface area contributed by atoms with Crippen molar-refractivity contribution < 1.29 is 22.7 Å². The lowest BCUT2D eigenvalue weighted by molar-refractivity contribution is -0.124. The van der Waals surface area contributed by atoms with Gasteiger partial charge >= 0.3 is 5.97 Å². The first-order valence-electron chi connectivity index (χ1n) is 8.96. The number of amides is 1. The third kappa shape index (κ3) is 6.85.